The first kappa shape index (κ1) is 25.6. The lowest BCUT2D eigenvalue weighted by Crippen LogP contribution is -2.36. The first-order valence-corrected chi connectivity index (χ1v) is 8.64. The third-order valence-electron chi connectivity index (χ3n) is 3.81. The Labute approximate surface area is 190 Å². The average molecular weight is 540 g/mol. The third-order valence-corrected chi connectivity index (χ3v) is 3.81. The number of pyridine rings is 1. The van der Waals surface area contributed by atoms with E-state index in [2.05, 4.69) is 25.3 Å². The molecule has 1 aromatic carbocycles. The van der Waals surface area contributed by atoms with Gasteiger partial charge in [0.25, 0.3) is 0 Å². The highest BCUT2D eigenvalue weighted by molar-refractivity contribution is 14.0. The summed E-state index contributed by atoms with van der Waals surface area (Å²) >= 11 is 0. The molecule has 0 aliphatic carbocycles. The van der Waals surface area contributed by atoms with Crippen molar-refractivity contribution in [1.29, 1.82) is 0 Å². The van der Waals surface area contributed by atoms with Gasteiger partial charge in [-0.05, 0) is 23.8 Å². The number of ether oxygens (including phenoxy) is 3. The standard InChI is InChI=1S/C19H23F3N4O3.HI/c1-23-18(26-11-14-4-5-15(27-2)9-16(14)28-3)25-10-13-6-7-24-17(8-13)29-12-19(20,21)22;/h4-9H,10-12H2,1-3H3,(H2,23,25,26);1H. The van der Waals surface area contributed by atoms with E-state index in [1.165, 1.54) is 12.3 Å². The zero-order valence-corrected chi connectivity index (χ0v) is 19.1. The molecule has 1 aromatic heterocycles. The number of halogens is 4. The third kappa shape index (κ3) is 8.51. The summed E-state index contributed by atoms with van der Waals surface area (Å²) in [4.78, 5) is 7.91. The number of methoxy groups -OCH3 is 2. The van der Waals surface area contributed by atoms with Crippen LogP contribution in [0.4, 0.5) is 13.2 Å². The lowest BCUT2D eigenvalue weighted by Gasteiger charge is -2.15. The van der Waals surface area contributed by atoms with Crippen LogP contribution in [0.2, 0.25) is 0 Å². The van der Waals surface area contributed by atoms with Gasteiger partial charge in [-0.2, -0.15) is 13.2 Å². The molecule has 0 atom stereocenters. The van der Waals surface area contributed by atoms with E-state index in [-0.39, 0.29) is 29.9 Å². The van der Waals surface area contributed by atoms with Crippen LogP contribution in [-0.4, -0.2) is 45.0 Å². The van der Waals surface area contributed by atoms with Crippen molar-refractivity contribution in [1.82, 2.24) is 15.6 Å². The normalized spacial score (nSPS) is 11.3. The summed E-state index contributed by atoms with van der Waals surface area (Å²) < 4.78 is 52.0. The molecule has 0 spiro atoms. The van der Waals surface area contributed by atoms with Gasteiger partial charge < -0.3 is 24.8 Å². The minimum Gasteiger partial charge on any atom is -0.497 e. The Morgan fingerprint density at radius 2 is 1.80 bits per heavy atom. The number of benzene rings is 1. The number of guanidine groups is 1. The summed E-state index contributed by atoms with van der Waals surface area (Å²) in [6.45, 7) is -0.614. The van der Waals surface area contributed by atoms with Crippen LogP contribution in [0.1, 0.15) is 11.1 Å². The Bertz CT molecular complexity index is 835. The molecule has 2 N–H and O–H groups in total. The molecule has 0 aliphatic rings. The van der Waals surface area contributed by atoms with Gasteiger partial charge in [0, 0.05) is 44.0 Å². The fourth-order valence-electron chi connectivity index (χ4n) is 2.38. The number of nitrogens with zero attached hydrogens (tertiary/aromatic N) is 2. The second kappa shape index (κ2) is 12.3. The van der Waals surface area contributed by atoms with Crippen LogP contribution >= 0.6 is 24.0 Å². The maximum Gasteiger partial charge on any atom is 0.422 e. The summed E-state index contributed by atoms with van der Waals surface area (Å²) in [7, 11) is 4.77. The Morgan fingerprint density at radius 3 is 2.43 bits per heavy atom. The van der Waals surface area contributed by atoms with Gasteiger partial charge in [0.05, 0.1) is 14.2 Å². The maximum atomic E-state index is 12.3. The molecule has 0 unspecified atom stereocenters. The van der Waals surface area contributed by atoms with Crippen LogP contribution in [0.15, 0.2) is 41.5 Å². The van der Waals surface area contributed by atoms with Crippen LogP contribution < -0.4 is 24.8 Å². The molecule has 0 radical (unpaired) electrons. The molecule has 1 heterocycles. The number of hydrogen-bond acceptors (Lipinski definition) is 5. The number of nitrogens with one attached hydrogen (secondary N) is 2. The molecule has 11 heteroatoms. The predicted octanol–water partition coefficient (Wildman–Crippen LogP) is 3.52. The molecule has 30 heavy (non-hydrogen) atoms. The van der Waals surface area contributed by atoms with Gasteiger partial charge in [-0.1, -0.05) is 0 Å². The largest absolute Gasteiger partial charge is 0.497 e. The summed E-state index contributed by atoms with van der Waals surface area (Å²) in [5.74, 6) is 1.78. The van der Waals surface area contributed by atoms with Gasteiger partial charge in [-0.15, -0.1) is 24.0 Å². The van der Waals surface area contributed by atoms with E-state index in [4.69, 9.17) is 9.47 Å². The maximum absolute atomic E-state index is 12.3. The summed E-state index contributed by atoms with van der Waals surface area (Å²) in [5, 5.41) is 6.23. The molecule has 0 saturated heterocycles. The minimum atomic E-state index is -4.41. The summed E-state index contributed by atoms with van der Waals surface area (Å²) in [6, 6.07) is 8.61. The van der Waals surface area contributed by atoms with Crippen molar-refractivity contribution >= 4 is 29.9 Å². The highest BCUT2D eigenvalue weighted by atomic mass is 127. The van der Waals surface area contributed by atoms with Gasteiger partial charge in [0.1, 0.15) is 11.5 Å². The number of alkyl halides is 3. The lowest BCUT2D eigenvalue weighted by atomic mass is 10.2. The Morgan fingerprint density at radius 1 is 1.07 bits per heavy atom. The van der Waals surface area contributed by atoms with Crippen LogP contribution in [0.5, 0.6) is 17.4 Å². The SMILES string of the molecule is CN=C(NCc1ccnc(OCC(F)(F)F)c1)NCc1ccc(OC)cc1OC.I. The van der Waals surface area contributed by atoms with Crippen molar-refractivity contribution in [3.05, 3.63) is 47.7 Å². The van der Waals surface area contributed by atoms with Crippen molar-refractivity contribution in [2.45, 2.75) is 19.3 Å². The molecule has 0 saturated carbocycles. The van der Waals surface area contributed by atoms with E-state index < -0.39 is 12.8 Å². The van der Waals surface area contributed by atoms with Crippen LogP contribution in [0.3, 0.4) is 0 Å². The zero-order chi connectivity index (χ0) is 21.3. The van der Waals surface area contributed by atoms with Crippen molar-refractivity contribution < 1.29 is 27.4 Å². The number of aliphatic imine (C=N–C) groups is 1. The molecule has 7 nitrogen and oxygen atoms in total. The number of hydrogen-bond donors (Lipinski definition) is 2. The van der Waals surface area contributed by atoms with Crippen LogP contribution in [-0.2, 0) is 13.1 Å². The topological polar surface area (TPSA) is 77.0 Å². The highest BCUT2D eigenvalue weighted by Crippen LogP contribution is 2.24. The van der Waals surface area contributed by atoms with E-state index in [1.54, 1.807) is 33.4 Å². The fraction of sp³-hybridized carbons (Fsp3) is 0.368. The summed E-state index contributed by atoms with van der Waals surface area (Å²) in [6.07, 6.45) is -3.02. The minimum absolute atomic E-state index is 0. The smallest absolute Gasteiger partial charge is 0.422 e. The first-order chi connectivity index (χ1) is 13.8. The Kier molecular flexibility index (Phi) is 10.5. The van der Waals surface area contributed by atoms with Crippen LogP contribution in [0, 0.1) is 0 Å². The van der Waals surface area contributed by atoms with Crippen molar-refractivity contribution in [2.24, 2.45) is 4.99 Å². The van der Waals surface area contributed by atoms with Gasteiger partial charge in [-0.3, -0.25) is 4.99 Å². The number of rotatable bonds is 8. The van der Waals surface area contributed by atoms with E-state index in [9.17, 15) is 13.2 Å². The van der Waals surface area contributed by atoms with Crippen molar-refractivity contribution in [2.75, 3.05) is 27.9 Å². The molecular weight excluding hydrogens is 516 g/mol. The average Bonchev–Trinajstić information content (AvgIpc) is 2.72. The second-order valence-electron chi connectivity index (χ2n) is 5.86. The van der Waals surface area contributed by atoms with Gasteiger partial charge in [0.15, 0.2) is 12.6 Å². The Hall–Kier alpha value is -2.44. The quantitative estimate of drug-likeness (QED) is 0.303. The lowest BCUT2D eigenvalue weighted by molar-refractivity contribution is -0.154. The molecule has 2 aromatic rings. The number of aromatic nitrogens is 1. The van der Waals surface area contributed by atoms with Crippen molar-refractivity contribution in [3.63, 3.8) is 0 Å². The first-order valence-electron chi connectivity index (χ1n) is 8.64. The van der Waals surface area contributed by atoms with Gasteiger partial charge >= 0.3 is 6.18 Å². The molecule has 0 amide bonds. The van der Waals surface area contributed by atoms with E-state index in [1.807, 2.05) is 12.1 Å². The van der Waals surface area contributed by atoms with E-state index in [0.29, 0.717) is 36.1 Å². The molecule has 2 rings (SSSR count). The van der Waals surface area contributed by atoms with Gasteiger partial charge in [0.2, 0.25) is 5.88 Å². The summed E-state index contributed by atoms with van der Waals surface area (Å²) in [5.41, 5.74) is 1.60. The molecule has 0 aliphatic heterocycles. The van der Waals surface area contributed by atoms with E-state index in [0.717, 1.165) is 5.56 Å². The van der Waals surface area contributed by atoms with E-state index >= 15 is 0 Å². The van der Waals surface area contributed by atoms with Crippen LogP contribution in [0.25, 0.3) is 0 Å². The monoisotopic (exact) mass is 540 g/mol. The van der Waals surface area contributed by atoms with Crippen molar-refractivity contribution in [3.8, 4) is 17.4 Å². The Balaban J connectivity index is 0.00000450. The van der Waals surface area contributed by atoms with Gasteiger partial charge in [-0.25, -0.2) is 4.98 Å². The highest BCUT2D eigenvalue weighted by Gasteiger charge is 2.28. The zero-order valence-electron chi connectivity index (χ0n) is 16.7. The molecule has 0 bridgehead atoms. The predicted molar refractivity (Wildman–Crippen MR) is 118 cm³/mol. The molecule has 0 fully saturated rings. The molecular formula is C19H24F3IN4O3. The second-order valence-corrected chi connectivity index (χ2v) is 5.86. The molecule has 166 valence electrons. The fourth-order valence-corrected chi connectivity index (χ4v) is 2.38.